The van der Waals surface area contributed by atoms with E-state index in [9.17, 15) is 4.79 Å². The van der Waals surface area contributed by atoms with Crippen LogP contribution < -0.4 is 0 Å². The number of hydrogen-bond acceptors (Lipinski definition) is 2. The molecule has 0 aromatic heterocycles. The molecule has 0 N–H and O–H groups in total. The number of hydrogen-bond donors (Lipinski definition) is 0. The summed E-state index contributed by atoms with van der Waals surface area (Å²) < 4.78 is 4.58. The molecule has 0 fully saturated rings. The van der Waals surface area contributed by atoms with Crippen LogP contribution in [-0.2, 0) is 9.53 Å². The molecule has 0 saturated carbocycles. The highest BCUT2D eigenvalue weighted by molar-refractivity contribution is 5.68. The third-order valence-corrected chi connectivity index (χ3v) is 2.45. The highest BCUT2D eigenvalue weighted by Crippen LogP contribution is 2.08. The largest absolute Gasteiger partial charge is 0.469 e. The number of methoxy groups -OCH3 is 1. The van der Waals surface area contributed by atoms with Gasteiger partial charge in [-0.2, -0.15) is 0 Å². The van der Waals surface area contributed by atoms with Crippen molar-refractivity contribution in [1.82, 2.24) is 0 Å². The number of allylic oxidation sites excluding steroid dienone is 3. The maximum Gasteiger partial charge on any atom is 0.305 e. The monoisotopic (exact) mass is 224 g/mol. The summed E-state index contributed by atoms with van der Waals surface area (Å²) in [6, 6.07) is 0. The van der Waals surface area contributed by atoms with Crippen LogP contribution in [-0.4, -0.2) is 13.1 Å². The zero-order valence-electron chi connectivity index (χ0n) is 10.4. The van der Waals surface area contributed by atoms with Crippen molar-refractivity contribution in [2.75, 3.05) is 7.11 Å². The van der Waals surface area contributed by atoms with Crippen molar-refractivity contribution in [1.29, 1.82) is 0 Å². The van der Waals surface area contributed by atoms with Crippen molar-refractivity contribution < 1.29 is 9.53 Å². The van der Waals surface area contributed by atoms with E-state index in [1.165, 1.54) is 26.4 Å². The van der Waals surface area contributed by atoms with Gasteiger partial charge >= 0.3 is 5.97 Å². The van der Waals surface area contributed by atoms with Crippen LogP contribution >= 0.6 is 0 Å². The lowest BCUT2D eigenvalue weighted by atomic mass is 10.1. The first-order valence-electron chi connectivity index (χ1n) is 6.14. The Bertz CT molecular complexity index is 207. The van der Waals surface area contributed by atoms with Crippen molar-refractivity contribution >= 4 is 5.97 Å². The van der Waals surface area contributed by atoms with Gasteiger partial charge in [0.1, 0.15) is 0 Å². The summed E-state index contributed by atoms with van der Waals surface area (Å²) in [7, 11) is 1.44. The third-order valence-electron chi connectivity index (χ3n) is 2.45. The maximum atomic E-state index is 10.8. The predicted octanol–water partition coefficient (Wildman–Crippen LogP) is 4.02. The summed E-state index contributed by atoms with van der Waals surface area (Å²) in [5.74, 6) is -0.0904. The van der Waals surface area contributed by atoms with E-state index in [-0.39, 0.29) is 5.97 Å². The van der Waals surface area contributed by atoms with Gasteiger partial charge in [0.2, 0.25) is 0 Å². The average Bonchev–Trinajstić information content (AvgIpc) is 2.31. The summed E-state index contributed by atoms with van der Waals surface area (Å²) >= 11 is 0. The Kier molecular flexibility index (Phi) is 11.2. The molecule has 2 heteroatoms. The van der Waals surface area contributed by atoms with Crippen LogP contribution in [0.4, 0.5) is 0 Å². The molecule has 16 heavy (non-hydrogen) atoms. The van der Waals surface area contributed by atoms with Gasteiger partial charge in [-0.05, 0) is 25.7 Å². The van der Waals surface area contributed by atoms with Crippen LogP contribution in [0.15, 0.2) is 24.8 Å². The number of esters is 1. The third kappa shape index (κ3) is 11.0. The average molecular weight is 224 g/mol. The molecule has 0 saturated heterocycles. The van der Waals surface area contributed by atoms with Gasteiger partial charge in [0, 0.05) is 6.42 Å². The van der Waals surface area contributed by atoms with Crippen molar-refractivity contribution in [3.05, 3.63) is 24.8 Å². The van der Waals surface area contributed by atoms with Gasteiger partial charge < -0.3 is 4.74 Å². The van der Waals surface area contributed by atoms with Crippen molar-refractivity contribution in [2.24, 2.45) is 0 Å². The summed E-state index contributed by atoms with van der Waals surface area (Å²) in [6.45, 7) is 3.66. The van der Waals surface area contributed by atoms with Gasteiger partial charge in [-0.25, -0.2) is 0 Å². The van der Waals surface area contributed by atoms with Gasteiger partial charge in [0.15, 0.2) is 0 Å². The zero-order valence-corrected chi connectivity index (χ0v) is 10.4. The summed E-state index contributed by atoms with van der Waals surface area (Å²) in [4.78, 5) is 10.8. The van der Waals surface area contributed by atoms with E-state index in [1.807, 2.05) is 6.08 Å². The molecule has 0 radical (unpaired) electrons. The first-order chi connectivity index (χ1) is 7.81. The first kappa shape index (κ1) is 14.9. The molecule has 0 bridgehead atoms. The minimum atomic E-state index is -0.0904. The summed E-state index contributed by atoms with van der Waals surface area (Å²) in [6.07, 6.45) is 14.8. The van der Waals surface area contributed by atoms with Crippen LogP contribution in [0, 0.1) is 0 Å². The molecule has 0 aliphatic rings. The van der Waals surface area contributed by atoms with Crippen molar-refractivity contribution in [2.45, 2.75) is 51.4 Å². The Labute approximate surface area is 99.4 Å². The Morgan fingerprint density at radius 3 is 2.50 bits per heavy atom. The van der Waals surface area contributed by atoms with E-state index in [1.54, 1.807) is 0 Å². The number of rotatable bonds is 10. The maximum absolute atomic E-state index is 10.8. The van der Waals surface area contributed by atoms with Crippen LogP contribution in [0.3, 0.4) is 0 Å². The van der Waals surface area contributed by atoms with Crippen molar-refractivity contribution in [3.63, 3.8) is 0 Å². The second kappa shape index (κ2) is 12.0. The smallest absolute Gasteiger partial charge is 0.305 e. The summed E-state index contributed by atoms with van der Waals surface area (Å²) in [5, 5.41) is 0. The van der Waals surface area contributed by atoms with E-state index < -0.39 is 0 Å². The SMILES string of the molecule is C=CC/C=C\CCCCCCCC(=O)OC. The fraction of sp³-hybridized carbons (Fsp3) is 0.643. The molecule has 0 atom stereocenters. The van der Waals surface area contributed by atoms with Gasteiger partial charge in [-0.15, -0.1) is 6.58 Å². The van der Waals surface area contributed by atoms with Crippen LogP contribution in [0.2, 0.25) is 0 Å². The number of carbonyl (C=O) groups is 1. The molecule has 0 aliphatic heterocycles. The van der Waals surface area contributed by atoms with E-state index >= 15 is 0 Å². The van der Waals surface area contributed by atoms with E-state index in [4.69, 9.17) is 0 Å². The molecule has 0 amide bonds. The fourth-order valence-electron chi connectivity index (χ4n) is 1.47. The molecular weight excluding hydrogens is 200 g/mol. The fourth-order valence-corrected chi connectivity index (χ4v) is 1.47. The second-order valence-electron chi connectivity index (χ2n) is 3.88. The molecule has 0 aromatic rings. The Hall–Kier alpha value is -1.05. The number of unbranched alkanes of at least 4 members (excludes halogenated alkanes) is 5. The number of carbonyl (C=O) groups excluding carboxylic acids is 1. The number of ether oxygens (including phenoxy) is 1. The van der Waals surface area contributed by atoms with Crippen LogP contribution in [0.1, 0.15) is 51.4 Å². The second-order valence-corrected chi connectivity index (χ2v) is 3.88. The topological polar surface area (TPSA) is 26.3 Å². The van der Waals surface area contributed by atoms with Crippen LogP contribution in [0.25, 0.3) is 0 Å². The molecule has 0 aromatic carbocycles. The van der Waals surface area contributed by atoms with Crippen molar-refractivity contribution in [3.8, 4) is 0 Å². The van der Waals surface area contributed by atoms with Gasteiger partial charge in [0.25, 0.3) is 0 Å². The first-order valence-corrected chi connectivity index (χ1v) is 6.14. The zero-order chi connectivity index (χ0) is 12.1. The molecule has 0 heterocycles. The lowest BCUT2D eigenvalue weighted by Crippen LogP contribution is -1.98. The molecule has 0 aliphatic carbocycles. The normalized spacial score (nSPS) is 10.6. The highest BCUT2D eigenvalue weighted by Gasteiger charge is 1.98. The van der Waals surface area contributed by atoms with E-state index in [0.29, 0.717) is 6.42 Å². The van der Waals surface area contributed by atoms with Gasteiger partial charge in [-0.3, -0.25) is 4.79 Å². The molecular formula is C14H24O2. The minimum Gasteiger partial charge on any atom is -0.469 e. The van der Waals surface area contributed by atoms with Gasteiger partial charge in [-0.1, -0.05) is 37.5 Å². The minimum absolute atomic E-state index is 0.0904. The van der Waals surface area contributed by atoms with E-state index in [0.717, 1.165) is 25.7 Å². The lowest BCUT2D eigenvalue weighted by molar-refractivity contribution is -0.140. The molecule has 0 unspecified atom stereocenters. The summed E-state index contributed by atoms with van der Waals surface area (Å²) in [5.41, 5.74) is 0. The van der Waals surface area contributed by atoms with Crippen LogP contribution in [0.5, 0.6) is 0 Å². The Balaban J connectivity index is 3.09. The van der Waals surface area contributed by atoms with E-state index in [2.05, 4.69) is 23.5 Å². The molecule has 0 spiro atoms. The molecule has 92 valence electrons. The highest BCUT2D eigenvalue weighted by atomic mass is 16.5. The Morgan fingerprint density at radius 1 is 1.12 bits per heavy atom. The predicted molar refractivity (Wildman–Crippen MR) is 68.3 cm³/mol. The Morgan fingerprint density at radius 2 is 1.81 bits per heavy atom. The molecule has 0 rings (SSSR count). The molecule has 2 nitrogen and oxygen atoms in total. The lowest BCUT2D eigenvalue weighted by Gasteiger charge is -1.99. The quantitative estimate of drug-likeness (QED) is 0.318. The van der Waals surface area contributed by atoms with Gasteiger partial charge in [0.05, 0.1) is 7.11 Å². The standard InChI is InChI=1S/C14H24O2/c1-3-4-5-6-7-8-9-10-11-12-13-14(15)16-2/h3,5-6H,1,4,7-13H2,2H3/b6-5-.